The van der Waals surface area contributed by atoms with Crippen LogP contribution in [0.3, 0.4) is 0 Å². The van der Waals surface area contributed by atoms with Gasteiger partial charge in [0.25, 0.3) is 0 Å². The van der Waals surface area contributed by atoms with Crippen LogP contribution in [0.2, 0.25) is 0 Å². The number of carbonyl (C=O) groups excluding carboxylic acids is 1. The van der Waals surface area contributed by atoms with Crippen LogP contribution < -0.4 is 11.1 Å². The van der Waals surface area contributed by atoms with Crippen LogP contribution in [-0.2, 0) is 0 Å². The maximum Gasteiger partial charge on any atom is 0.317 e. The number of rotatable bonds is 8. The summed E-state index contributed by atoms with van der Waals surface area (Å²) in [7, 11) is 0. The van der Waals surface area contributed by atoms with Crippen LogP contribution in [0.15, 0.2) is 0 Å². The van der Waals surface area contributed by atoms with E-state index in [2.05, 4.69) is 17.1 Å². The van der Waals surface area contributed by atoms with Gasteiger partial charge in [-0.3, -0.25) is 0 Å². The van der Waals surface area contributed by atoms with Crippen molar-refractivity contribution in [1.82, 2.24) is 15.1 Å². The highest BCUT2D eigenvalue weighted by Gasteiger charge is 2.19. The van der Waals surface area contributed by atoms with Crippen LogP contribution in [0.5, 0.6) is 0 Å². The van der Waals surface area contributed by atoms with Gasteiger partial charge in [0.05, 0.1) is 0 Å². The number of unbranched alkanes of at least 4 members (excludes halogenated alkanes) is 1. The molecule has 2 amide bonds. The summed E-state index contributed by atoms with van der Waals surface area (Å²) >= 11 is 0. The van der Waals surface area contributed by atoms with E-state index >= 15 is 0 Å². The Morgan fingerprint density at radius 2 is 2.25 bits per heavy atom. The molecule has 0 aromatic heterocycles. The lowest BCUT2D eigenvalue weighted by atomic mass is 10.3. The summed E-state index contributed by atoms with van der Waals surface area (Å²) in [5.41, 5.74) is 5.58. The number of hydrogen-bond acceptors (Lipinski definition) is 3. The van der Waals surface area contributed by atoms with E-state index in [1.807, 2.05) is 4.90 Å². The van der Waals surface area contributed by atoms with Crippen molar-refractivity contribution in [1.29, 1.82) is 0 Å². The predicted octanol–water partition coefficient (Wildman–Crippen LogP) is 0.0724. The molecule has 1 aliphatic rings. The van der Waals surface area contributed by atoms with Crippen molar-refractivity contribution in [2.75, 3.05) is 45.8 Å². The summed E-state index contributed by atoms with van der Waals surface area (Å²) < 4.78 is 0. The van der Waals surface area contributed by atoms with Gasteiger partial charge in [-0.1, -0.05) is 13.3 Å². The summed E-state index contributed by atoms with van der Waals surface area (Å²) in [5, 5.41) is 2.81. The van der Waals surface area contributed by atoms with E-state index in [9.17, 15) is 4.79 Å². The lowest BCUT2D eigenvalue weighted by molar-refractivity contribution is 0.201. The van der Waals surface area contributed by atoms with Crippen LogP contribution in [0.4, 0.5) is 4.79 Å². The molecular weight excluding hydrogens is 204 g/mol. The van der Waals surface area contributed by atoms with Crippen LogP contribution >= 0.6 is 0 Å². The van der Waals surface area contributed by atoms with E-state index in [1.165, 1.54) is 12.8 Å². The Bertz CT molecular complexity index is 210. The Labute approximate surface area is 98.0 Å². The standard InChI is InChI=1S/C11H24N4O/c1-2-3-6-14(7-4-12)9-10-15-8-5-13-11(15)16/h2-10,12H2,1H3,(H,13,16). The first-order valence-corrected chi connectivity index (χ1v) is 6.23. The van der Waals surface area contributed by atoms with E-state index in [0.717, 1.165) is 39.3 Å². The van der Waals surface area contributed by atoms with Gasteiger partial charge in [-0.2, -0.15) is 0 Å². The van der Waals surface area contributed by atoms with E-state index in [-0.39, 0.29) is 6.03 Å². The zero-order valence-corrected chi connectivity index (χ0v) is 10.2. The van der Waals surface area contributed by atoms with Gasteiger partial charge in [-0.25, -0.2) is 4.79 Å². The summed E-state index contributed by atoms with van der Waals surface area (Å²) in [6, 6.07) is 0.0724. The largest absolute Gasteiger partial charge is 0.336 e. The number of hydrogen-bond donors (Lipinski definition) is 2. The fourth-order valence-corrected chi connectivity index (χ4v) is 1.89. The Balaban J connectivity index is 2.22. The smallest absolute Gasteiger partial charge is 0.317 e. The third kappa shape index (κ3) is 4.37. The molecule has 0 aromatic carbocycles. The molecule has 0 spiro atoms. The third-order valence-corrected chi connectivity index (χ3v) is 2.90. The zero-order chi connectivity index (χ0) is 11.8. The van der Waals surface area contributed by atoms with Crippen molar-refractivity contribution in [3.8, 4) is 0 Å². The van der Waals surface area contributed by atoms with Crippen LogP contribution in [0.1, 0.15) is 19.8 Å². The number of nitrogens with two attached hydrogens (primary N) is 1. The van der Waals surface area contributed by atoms with Gasteiger partial charge < -0.3 is 20.9 Å². The molecule has 1 fully saturated rings. The molecule has 0 unspecified atom stereocenters. The fraction of sp³-hybridized carbons (Fsp3) is 0.909. The van der Waals surface area contributed by atoms with Crippen LogP contribution in [0.25, 0.3) is 0 Å². The second-order valence-electron chi connectivity index (χ2n) is 4.20. The maximum atomic E-state index is 11.3. The first-order valence-electron chi connectivity index (χ1n) is 6.23. The molecule has 0 saturated carbocycles. The number of nitrogens with zero attached hydrogens (tertiary/aromatic N) is 2. The van der Waals surface area contributed by atoms with Gasteiger partial charge in [0.2, 0.25) is 0 Å². The highest BCUT2D eigenvalue weighted by Crippen LogP contribution is 1.99. The number of urea groups is 1. The van der Waals surface area contributed by atoms with Gasteiger partial charge in [-0.05, 0) is 13.0 Å². The van der Waals surface area contributed by atoms with Gasteiger partial charge >= 0.3 is 6.03 Å². The molecule has 0 atom stereocenters. The zero-order valence-electron chi connectivity index (χ0n) is 10.2. The SMILES string of the molecule is CCCCN(CCN)CCN1CCNC1=O. The Kier molecular flexibility index (Phi) is 6.18. The van der Waals surface area contributed by atoms with E-state index < -0.39 is 0 Å². The number of nitrogens with one attached hydrogen (secondary N) is 1. The molecule has 94 valence electrons. The van der Waals surface area contributed by atoms with Crippen molar-refractivity contribution < 1.29 is 4.79 Å². The van der Waals surface area contributed by atoms with Crippen molar-refractivity contribution in [3.63, 3.8) is 0 Å². The molecule has 0 aromatic rings. The molecule has 3 N–H and O–H groups in total. The molecule has 0 aliphatic carbocycles. The summed E-state index contributed by atoms with van der Waals surface area (Å²) in [5.74, 6) is 0. The molecule has 1 heterocycles. The Morgan fingerprint density at radius 1 is 1.44 bits per heavy atom. The van der Waals surface area contributed by atoms with Crippen molar-refractivity contribution in [2.45, 2.75) is 19.8 Å². The highest BCUT2D eigenvalue weighted by atomic mass is 16.2. The summed E-state index contributed by atoms with van der Waals surface area (Å²) in [6.07, 6.45) is 2.40. The quantitative estimate of drug-likeness (QED) is 0.618. The van der Waals surface area contributed by atoms with Gasteiger partial charge in [0.1, 0.15) is 0 Å². The molecule has 0 radical (unpaired) electrons. The molecule has 0 bridgehead atoms. The lowest BCUT2D eigenvalue weighted by Crippen LogP contribution is -2.39. The monoisotopic (exact) mass is 228 g/mol. The average molecular weight is 228 g/mol. The van der Waals surface area contributed by atoms with E-state index in [4.69, 9.17) is 5.73 Å². The minimum Gasteiger partial charge on any atom is -0.336 e. The minimum atomic E-state index is 0.0724. The minimum absolute atomic E-state index is 0.0724. The lowest BCUT2D eigenvalue weighted by Gasteiger charge is -2.24. The first kappa shape index (κ1) is 13.3. The molecule has 5 nitrogen and oxygen atoms in total. The summed E-state index contributed by atoms with van der Waals surface area (Å²) in [4.78, 5) is 15.5. The molecule has 1 saturated heterocycles. The Hall–Kier alpha value is -0.810. The molecule has 1 aliphatic heterocycles. The van der Waals surface area contributed by atoms with E-state index in [1.54, 1.807) is 0 Å². The predicted molar refractivity (Wildman–Crippen MR) is 65.4 cm³/mol. The van der Waals surface area contributed by atoms with Gasteiger partial charge in [0.15, 0.2) is 0 Å². The van der Waals surface area contributed by atoms with Crippen molar-refractivity contribution in [3.05, 3.63) is 0 Å². The normalized spacial score (nSPS) is 15.9. The average Bonchev–Trinajstić information content (AvgIpc) is 2.68. The number of carbonyl (C=O) groups is 1. The van der Waals surface area contributed by atoms with Crippen molar-refractivity contribution in [2.24, 2.45) is 5.73 Å². The second-order valence-corrected chi connectivity index (χ2v) is 4.20. The van der Waals surface area contributed by atoms with Crippen LogP contribution in [0, 0.1) is 0 Å². The van der Waals surface area contributed by atoms with Crippen LogP contribution in [-0.4, -0.2) is 61.6 Å². The first-order chi connectivity index (χ1) is 7.77. The summed E-state index contributed by atoms with van der Waals surface area (Å²) in [6.45, 7) is 8.26. The van der Waals surface area contributed by atoms with Gasteiger partial charge in [0, 0.05) is 39.3 Å². The third-order valence-electron chi connectivity index (χ3n) is 2.90. The Morgan fingerprint density at radius 3 is 2.81 bits per heavy atom. The molecule has 1 rings (SSSR count). The number of amides is 2. The molecular formula is C11H24N4O. The second kappa shape index (κ2) is 7.46. The van der Waals surface area contributed by atoms with Crippen molar-refractivity contribution >= 4 is 6.03 Å². The topological polar surface area (TPSA) is 61.6 Å². The molecule has 16 heavy (non-hydrogen) atoms. The highest BCUT2D eigenvalue weighted by molar-refractivity contribution is 5.76. The van der Waals surface area contributed by atoms with E-state index in [0.29, 0.717) is 6.54 Å². The maximum absolute atomic E-state index is 11.3. The molecule has 5 heteroatoms. The fourth-order valence-electron chi connectivity index (χ4n) is 1.89. The van der Waals surface area contributed by atoms with Gasteiger partial charge in [-0.15, -0.1) is 0 Å².